The first kappa shape index (κ1) is 21.5. The number of esters is 1. The summed E-state index contributed by atoms with van der Waals surface area (Å²) in [5, 5.41) is 1.60. The molecule has 0 fully saturated rings. The van der Waals surface area contributed by atoms with Gasteiger partial charge in [-0.15, -0.1) is 0 Å². The average molecular weight is 427 g/mol. The second-order valence-corrected chi connectivity index (χ2v) is 7.81. The molecule has 32 heavy (non-hydrogen) atoms. The molecule has 1 heterocycles. The summed E-state index contributed by atoms with van der Waals surface area (Å²) in [6, 6.07) is 25.0. The van der Waals surface area contributed by atoms with E-state index in [0.717, 1.165) is 27.6 Å². The molecule has 2 N–H and O–H groups in total. The highest BCUT2D eigenvalue weighted by molar-refractivity contribution is 6.07. The van der Waals surface area contributed by atoms with Gasteiger partial charge in [-0.2, -0.15) is 0 Å². The summed E-state index contributed by atoms with van der Waals surface area (Å²) in [7, 11) is 0. The van der Waals surface area contributed by atoms with Crippen molar-refractivity contribution in [1.29, 1.82) is 0 Å². The number of nitrogens with zero attached hydrogens (tertiary/aromatic N) is 1. The Hall–Kier alpha value is -3.70. The predicted molar refractivity (Wildman–Crippen MR) is 126 cm³/mol. The topological polar surface area (TPSA) is 74.4 Å². The normalized spacial score (nSPS) is 11.8. The SMILES string of the molecule is Cc1cc2c(C(=O)OCc3ccccc3)c(OC[C@H](N)Cc3ccccc3)ccc2cn1. The number of ether oxygens (including phenoxy) is 2. The van der Waals surface area contributed by atoms with E-state index < -0.39 is 5.97 Å². The fraction of sp³-hybridized carbons (Fsp3) is 0.185. The number of rotatable bonds is 8. The largest absolute Gasteiger partial charge is 0.491 e. The molecule has 0 spiro atoms. The van der Waals surface area contributed by atoms with Crippen molar-refractivity contribution in [2.45, 2.75) is 26.0 Å². The lowest BCUT2D eigenvalue weighted by Crippen LogP contribution is -2.30. The van der Waals surface area contributed by atoms with Crippen LogP contribution in [0.3, 0.4) is 0 Å². The Morgan fingerprint density at radius 1 is 0.969 bits per heavy atom. The Morgan fingerprint density at radius 3 is 2.38 bits per heavy atom. The quantitative estimate of drug-likeness (QED) is 0.408. The molecule has 0 aliphatic carbocycles. The van der Waals surface area contributed by atoms with E-state index in [1.807, 2.05) is 79.7 Å². The van der Waals surface area contributed by atoms with Crippen LogP contribution in [0.15, 0.2) is 85.1 Å². The summed E-state index contributed by atoms with van der Waals surface area (Å²) in [5.41, 5.74) is 9.58. The summed E-state index contributed by atoms with van der Waals surface area (Å²) in [6.07, 6.45) is 2.44. The molecule has 4 rings (SSSR count). The fourth-order valence-corrected chi connectivity index (χ4v) is 3.60. The number of carbonyl (C=O) groups excluding carboxylic acids is 1. The monoisotopic (exact) mass is 426 g/mol. The molecule has 1 atom stereocenters. The molecular weight excluding hydrogens is 400 g/mol. The van der Waals surface area contributed by atoms with Gasteiger partial charge in [0.2, 0.25) is 0 Å². The Bertz CT molecular complexity index is 1190. The summed E-state index contributed by atoms with van der Waals surface area (Å²) >= 11 is 0. The zero-order chi connectivity index (χ0) is 22.3. The first-order chi connectivity index (χ1) is 15.6. The number of aromatic nitrogens is 1. The molecule has 0 saturated heterocycles. The summed E-state index contributed by atoms with van der Waals surface area (Å²) in [4.78, 5) is 17.5. The molecule has 5 nitrogen and oxygen atoms in total. The van der Waals surface area contributed by atoms with E-state index in [1.54, 1.807) is 12.3 Å². The minimum Gasteiger partial charge on any atom is -0.491 e. The standard InChI is InChI=1S/C27H26N2O3/c1-19-14-24-22(16-29-19)12-13-25(31-18-23(28)15-20-8-4-2-5-9-20)26(24)27(30)32-17-21-10-6-3-7-11-21/h2-14,16,23H,15,17-18,28H2,1H3/t23-/m1/s1. The maximum Gasteiger partial charge on any atom is 0.342 e. The summed E-state index contributed by atoms with van der Waals surface area (Å²) < 4.78 is 11.7. The zero-order valence-corrected chi connectivity index (χ0v) is 18.0. The molecule has 0 aliphatic rings. The van der Waals surface area contributed by atoms with Gasteiger partial charge in [0.25, 0.3) is 0 Å². The number of hydrogen-bond acceptors (Lipinski definition) is 5. The van der Waals surface area contributed by atoms with Crippen LogP contribution in [-0.4, -0.2) is 23.6 Å². The van der Waals surface area contributed by atoms with E-state index in [9.17, 15) is 4.79 Å². The molecule has 1 aromatic heterocycles. The van der Waals surface area contributed by atoms with Gasteiger partial charge < -0.3 is 15.2 Å². The molecule has 0 aliphatic heterocycles. The van der Waals surface area contributed by atoms with Crippen LogP contribution in [0.25, 0.3) is 10.8 Å². The van der Waals surface area contributed by atoms with Gasteiger partial charge >= 0.3 is 5.97 Å². The van der Waals surface area contributed by atoms with Crippen molar-refractivity contribution in [2.75, 3.05) is 6.61 Å². The first-order valence-corrected chi connectivity index (χ1v) is 10.6. The lowest BCUT2D eigenvalue weighted by molar-refractivity contribution is 0.0470. The van der Waals surface area contributed by atoms with E-state index in [2.05, 4.69) is 4.98 Å². The predicted octanol–water partition coefficient (Wildman–Crippen LogP) is 4.85. The lowest BCUT2D eigenvalue weighted by Gasteiger charge is -2.17. The number of aryl methyl sites for hydroxylation is 1. The molecule has 3 aromatic carbocycles. The van der Waals surface area contributed by atoms with E-state index in [1.165, 1.54) is 0 Å². The summed E-state index contributed by atoms with van der Waals surface area (Å²) in [6.45, 7) is 2.36. The van der Waals surface area contributed by atoms with E-state index in [4.69, 9.17) is 15.2 Å². The van der Waals surface area contributed by atoms with Crippen LogP contribution in [0.5, 0.6) is 5.75 Å². The lowest BCUT2D eigenvalue weighted by atomic mass is 10.0. The molecule has 0 bridgehead atoms. The first-order valence-electron chi connectivity index (χ1n) is 10.6. The maximum absolute atomic E-state index is 13.1. The third-order valence-electron chi connectivity index (χ3n) is 5.21. The molecular formula is C27H26N2O3. The Morgan fingerprint density at radius 2 is 1.66 bits per heavy atom. The van der Waals surface area contributed by atoms with Crippen LogP contribution in [0, 0.1) is 6.92 Å². The van der Waals surface area contributed by atoms with Crippen molar-refractivity contribution >= 4 is 16.7 Å². The molecule has 5 heteroatoms. The fourth-order valence-electron chi connectivity index (χ4n) is 3.60. The number of hydrogen-bond donors (Lipinski definition) is 1. The number of benzene rings is 3. The zero-order valence-electron chi connectivity index (χ0n) is 18.0. The number of fused-ring (bicyclic) bond motifs is 1. The second kappa shape index (κ2) is 10.1. The van der Waals surface area contributed by atoms with Crippen molar-refractivity contribution in [3.63, 3.8) is 0 Å². The minimum absolute atomic E-state index is 0.188. The van der Waals surface area contributed by atoms with Gasteiger partial charge in [-0.3, -0.25) is 4.98 Å². The van der Waals surface area contributed by atoms with Crippen LogP contribution in [0.4, 0.5) is 0 Å². The van der Waals surface area contributed by atoms with Gasteiger partial charge in [0, 0.05) is 28.7 Å². The number of nitrogens with two attached hydrogens (primary N) is 1. The van der Waals surface area contributed by atoms with E-state index >= 15 is 0 Å². The van der Waals surface area contributed by atoms with Crippen LogP contribution in [-0.2, 0) is 17.8 Å². The van der Waals surface area contributed by atoms with Crippen molar-refractivity contribution < 1.29 is 14.3 Å². The molecule has 4 aromatic rings. The molecule has 0 saturated carbocycles. The van der Waals surface area contributed by atoms with Crippen molar-refractivity contribution in [1.82, 2.24) is 4.98 Å². The number of pyridine rings is 1. The smallest absolute Gasteiger partial charge is 0.342 e. The maximum atomic E-state index is 13.1. The van der Waals surface area contributed by atoms with Gasteiger partial charge in [-0.05, 0) is 42.7 Å². The summed E-state index contributed by atoms with van der Waals surface area (Å²) in [5.74, 6) is 0.0290. The van der Waals surface area contributed by atoms with Crippen LogP contribution < -0.4 is 10.5 Å². The minimum atomic E-state index is -0.434. The van der Waals surface area contributed by atoms with Crippen LogP contribution in [0.2, 0.25) is 0 Å². The highest BCUT2D eigenvalue weighted by atomic mass is 16.5. The second-order valence-electron chi connectivity index (χ2n) is 7.81. The Kier molecular flexibility index (Phi) is 6.78. The van der Waals surface area contributed by atoms with Crippen molar-refractivity contribution in [3.05, 3.63) is 107 Å². The highest BCUT2D eigenvalue weighted by Gasteiger charge is 2.20. The van der Waals surface area contributed by atoms with Gasteiger partial charge in [0.15, 0.2) is 0 Å². The third kappa shape index (κ3) is 5.31. The molecule has 0 radical (unpaired) electrons. The van der Waals surface area contributed by atoms with Gasteiger partial charge in [-0.25, -0.2) is 4.79 Å². The number of carbonyl (C=O) groups is 1. The molecule has 0 amide bonds. The molecule has 0 unspecified atom stereocenters. The third-order valence-corrected chi connectivity index (χ3v) is 5.21. The average Bonchev–Trinajstić information content (AvgIpc) is 2.82. The van der Waals surface area contributed by atoms with Gasteiger partial charge in [0.1, 0.15) is 24.5 Å². The Balaban J connectivity index is 1.56. The highest BCUT2D eigenvalue weighted by Crippen LogP contribution is 2.29. The van der Waals surface area contributed by atoms with E-state index in [-0.39, 0.29) is 19.3 Å². The van der Waals surface area contributed by atoms with Gasteiger partial charge in [0.05, 0.1) is 0 Å². The Labute approximate surface area is 187 Å². The van der Waals surface area contributed by atoms with Crippen molar-refractivity contribution in [3.8, 4) is 5.75 Å². The van der Waals surface area contributed by atoms with Crippen LogP contribution >= 0.6 is 0 Å². The molecule has 162 valence electrons. The van der Waals surface area contributed by atoms with Gasteiger partial charge in [-0.1, -0.05) is 60.7 Å². The van der Waals surface area contributed by atoms with Crippen LogP contribution in [0.1, 0.15) is 27.2 Å². The van der Waals surface area contributed by atoms with Crippen molar-refractivity contribution in [2.24, 2.45) is 5.73 Å². The van der Waals surface area contributed by atoms with E-state index in [0.29, 0.717) is 17.7 Å².